The number of unbranched alkanes of at least 4 members (excludes halogenated alkanes) is 9. The van der Waals surface area contributed by atoms with Gasteiger partial charge in [-0.15, -0.1) is 0 Å². The molecule has 0 saturated heterocycles. The zero-order chi connectivity index (χ0) is 59.0. The first-order valence-corrected chi connectivity index (χ1v) is 30.3. The molecule has 2 amide bonds. The molecule has 18 heteroatoms. The number of nitrogens with one attached hydrogen (secondary N) is 2. The van der Waals surface area contributed by atoms with Crippen molar-refractivity contribution in [1.29, 1.82) is 5.26 Å². The Morgan fingerprint density at radius 3 is 2.17 bits per heavy atom. The fourth-order valence-corrected chi connectivity index (χ4v) is 10.4. The van der Waals surface area contributed by atoms with Crippen LogP contribution in [-0.4, -0.2) is 69.3 Å². The van der Waals surface area contributed by atoms with E-state index in [0.29, 0.717) is 34.5 Å². The smallest absolute Gasteiger partial charge is 0.414 e. The minimum atomic E-state index is -4.01. The summed E-state index contributed by atoms with van der Waals surface area (Å²) in [6, 6.07) is 27.9. The molecule has 0 spiro atoms. The highest BCUT2D eigenvalue weighted by atomic mass is 35.5. The Kier molecular flexibility index (Phi) is 21.8. The van der Waals surface area contributed by atoms with Crippen molar-refractivity contribution in [3.8, 4) is 17.6 Å². The number of amides is 2. The lowest BCUT2D eigenvalue weighted by molar-refractivity contribution is -0.120. The van der Waals surface area contributed by atoms with E-state index in [1.807, 2.05) is 37.3 Å². The second kappa shape index (κ2) is 28.8. The second-order valence-corrected chi connectivity index (χ2v) is 24.0. The summed E-state index contributed by atoms with van der Waals surface area (Å²) in [5.74, 6) is -1.97. The zero-order valence-corrected chi connectivity index (χ0v) is 49.5. The number of Topliss-reactive ketones (excluding diaryl/α,β-unsaturated/α-hetero) is 1. The Morgan fingerprint density at radius 2 is 1.52 bits per heavy atom. The highest BCUT2D eigenvalue weighted by molar-refractivity contribution is 7.92. The number of carbonyl (C=O) groups is 4. The molecule has 1 unspecified atom stereocenters. The van der Waals surface area contributed by atoms with Crippen molar-refractivity contribution in [2.45, 2.75) is 149 Å². The molecule has 1 aromatic heterocycles. The van der Waals surface area contributed by atoms with E-state index in [1.54, 1.807) is 17.0 Å². The van der Waals surface area contributed by atoms with Crippen LogP contribution >= 0.6 is 11.6 Å². The van der Waals surface area contributed by atoms with Gasteiger partial charge in [0.1, 0.15) is 35.3 Å². The number of aromatic nitrogens is 1. The van der Waals surface area contributed by atoms with Gasteiger partial charge in [-0.3, -0.25) is 19.2 Å². The largest absolute Gasteiger partial charge is 0.497 e. The van der Waals surface area contributed by atoms with E-state index in [-0.39, 0.29) is 69.4 Å². The third kappa shape index (κ3) is 17.2. The molecular formula is C64H74ClN5O11S. The number of ketones is 1. The van der Waals surface area contributed by atoms with Gasteiger partial charge >= 0.3 is 12.1 Å². The highest BCUT2D eigenvalue weighted by Gasteiger charge is 2.33. The summed E-state index contributed by atoms with van der Waals surface area (Å²) < 4.78 is 57.2. The number of halogens is 1. The molecular weight excluding hydrogens is 1080 g/mol. The average molecular weight is 1160 g/mol. The fraction of sp³-hybridized carbons (Fsp3) is 0.406. The standard InChI is InChI=1S/C64H74ClN5O11S/c1-8-9-10-11-12-13-14-15-16-19-34-78-62(73)46-26-31-52(65)53(38-46)67-60(72)59(58(71)44-24-29-51(77-6)30-25-44)80-57-32-22-43(36-55(57)69-82(7,75)76)41-79-63(74)70(49-20-17-18-21-49)50-28-23-45(42(2)35-50)37-47(40-66)61-68-54-39-48(64(3,4)5)27-33-56(54)81-61/h22-33,35-39,49,59,69H,8-21,34,41H2,1-7H3,(H,67,72). The molecule has 7 rings (SSSR count). The number of nitrogens with zero attached hydrogens (tertiary/aromatic N) is 3. The summed E-state index contributed by atoms with van der Waals surface area (Å²) in [6.07, 6.45) is 14.7. The lowest BCUT2D eigenvalue weighted by Crippen LogP contribution is -2.40. The van der Waals surface area contributed by atoms with E-state index in [9.17, 15) is 32.9 Å². The van der Waals surface area contributed by atoms with Crippen molar-refractivity contribution in [2.75, 3.05) is 34.9 Å². The number of hydrogen-bond donors (Lipinski definition) is 2. The Labute approximate surface area is 486 Å². The molecule has 0 radical (unpaired) electrons. The van der Waals surface area contributed by atoms with Gasteiger partial charge in [-0.05, 0) is 139 Å². The molecule has 6 aromatic rings. The Morgan fingerprint density at radius 1 is 0.841 bits per heavy atom. The van der Waals surface area contributed by atoms with Gasteiger partial charge in [-0.25, -0.2) is 23.0 Å². The molecule has 2 N–H and O–H groups in total. The number of nitriles is 1. The predicted octanol–water partition coefficient (Wildman–Crippen LogP) is 15.0. The number of rotatable bonds is 27. The summed E-state index contributed by atoms with van der Waals surface area (Å²) >= 11 is 6.56. The number of hydrogen-bond acceptors (Lipinski definition) is 13. The number of aryl methyl sites for hydroxylation is 1. The van der Waals surface area contributed by atoms with Crippen LogP contribution in [0.25, 0.3) is 22.7 Å². The van der Waals surface area contributed by atoms with Gasteiger partial charge in [-0.2, -0.15) is 5.26 Å². The van der Waals surface area contributed by atoms with Crippen LogP contribution in [-0.2, 0) is 36.3 Å². The maximum atomic E-state index is 14.3. The number of carbonyl (C=O) groups excluding carboxylic acids is 4. The van der Waals surface area contributed by atoms with Gasteiger partial charge in [0.2, 0.25) is 27.8 Å². The van der Waals surface area contributed by atoms with Crippen LogP contribution in [0.3, 0.4) is 0 Å². The molecule has 0 aliphatic heterocycles. The van der Waals surface area contributed by atoms with Crippen molar-refractivity contribution in [3.63, 3.8) is 0 Å². The van der Waals surface area contributed by atoms with E-state index < -0.39 is 39.9 Å². The monoisotopic (exact) mass is 1160 g/mol. The van der Waals surface area contributed by atoms with Crippen LogP contribution < -0.4 is 24.4 Å². The molecule has 1 fully saturated rings. The Balaban J connectivity index is 1.07. The lowest BCUT2D eigenvalue weighted by Gasteiger charge is -2.29. The summed E-state index contributed by atoms with van der Waals surface area (Å²) in [5, 5.41) is 12.9. The number of esters is 1. The van der Waals surface area contributed by atoms with E-state index in [2.05, 4.69) is 48.8 Å². The Hall–Kier alpha value is -7.68. The molecule has 82 heavy (non-hydrogen) atoms. The van der Waals surface area contributed by atoms with Crippen molar-refractivity contribution in [3.05, 3.63) is 141 Å². The zero-order valence-electron chi connectivity index (χ0n) is 47.9. The molecule has 434 valence electrons. The molecule has 1 aliphatic rings. The summed E-state index contributed by atoms with van der Waals surface area (Å²) in [5.41, 5.74) is 4.91. The van der Waals surface area contributed by atoms with Gasteiger partial charge < -0.3 is 28.7 Å². The van der Waals surface area contributed by atoms with E-state index in [1.165, 1.54) is 106 Å². The molecule has 1 saturated carbocycles. The highest BCUT2D eigenvalue weighted by Crippen LogP contribution is 2.35. The third-order valence-electron chi connectivity index (χ3n) is 14.3. The SMILES string of the molecule is CCCCCCCCCCCCOC(=O)c1ccc(Cl)c(NC(=O)C(Oc2ccc(COC(=O)N(c3ccc(C=C(C#N)c4nc5cc(C(C)(C)C)ccc5o4)c(C)c3)C3CCCC3)cc2NS(C)(=O)=O)C(=O)c2ccc(OC)cc2)c1. The molecule has 1 aliphatic carbocycles. The summed E-state index contributed by atoms with van der Waals surface area (Å²) in [7, 11) is -2.55. The minimum Gasteiger partial charge on any atom is -0.497 e. The maximum Gasteiger partial charge on any atom is 0.414 e. The topological polar surface area (TPSA) is 216 Å². The van der Waals surface area contributed by atoms with Gasteiger partial charge in [0.25, 0.3) is 5.91 Å². The number of benzene rings is 5. The molecule has 0 bridgehead atoms. The second-order valence-electron chi connectivity index (χ2n) is 21.8. The average Bonchev–Trinajstić information content (AvgIpc) is 4.30. The first kappa shape index (κ1) is 61.9. The van der Waals surface area contributed by atoms with E-state index in [4.69, 9.17) is 35.0 Å². The van der Waals surface area contributed by atoms with Crippen molar-refractivity contribution in [1.82, 2.24) is 4.98 Å². The van der Waals surface area contributed by atoms with Crippen molar-refractivity contribution < 1.29 is 51.0 Å². The van der Waals surface area contributed by atoms with E-state index in [0.717, 1.165) is 67.9 Å². The molecule has 16 nitrogen and oxygen atoms in total. The van der Waals surface area contributed by atoms with Gasteiger partial charge in [0.05, 0.1) is 41.9 Å². The van der Waals surface area contributed by atoms with Crippen molar-refractivity contribution in [2.24, 2.45) is 0 Å². The van der Waals surface area contributed by atoms with Crippen LogP contribution in [0, 0.1) is 18.3 Å². The van der Waals surface area contributed by atoms with Gasteiger partial charge in [0.15, 0.2) is 5.58 Å². The van der Waals surface area contributed by atoms with Crippen LogP contribution in [0.5, 0.6) is 11.5 Å². The number of allylic oxidation sites excluding steroid dienone is 1. The molecule has 1 heterocycles. The quantitative estimate of drug-likeness (QED) is 0.0161. The van der Waals surface area contributed by atoms with Gasteiger partial charge in [0, 0.05) is 17.3 Å². The van der Waals surface area contributed by atoms with Crippen LogP contribution in [0.4, 0.5) is 21.9 Å². The summed E-state index contributed by atoms with van der Waals surface area (Å²) in [6.45, 7) is 10.3. The predicted molar refractivity (Wildman–Crippen MR) is 321 cm³/mol. The number of sulfonamides is 1. The van der Waals surface area contributed by atoms with Crippen molar-refractivity contribution >= 4 is 85.2 Å². The van der Waals surface area contributed by atoms with Crippen LogP contribution in [0.15, 0.2) is 101 Å². The van der Waals surface area contributed by atoms with E-state index >= 15 is 0 Å². The molecule has 1 atom stereocenters. The summed E-state index contributed by atoms with van der Waals surface area (Å²) in [4.78, 5) is 62.4. The number of methoxy groups -OCH3 is 1. The fourth-order valence-electron chi connectivity index (χ4n) is 9.71. The Bertz CT molecular complexity index is 3410. The molecule has 5 aromatic carbocycles. The van der Waals surface area contributed by atoms with Gasteiger partial charge in [-0.1, -0.05) is 128 Å². The maximum absolute atomic E-state index is 14.3. The number of oxazole rings is 1. The number of anilines is 3. The number of ether oxygens (including phenoxy) is 4. The number of fused-ring (bicyclic) bond motifs is 1. The van der Waals surface area contributed by atoms with Crippen LogP contribution in [0.2, 0.25) is 5.02 Å². The first-order valence-electron chi connectivity index (χ1n) is 28.1. The first-order chi connectivity index (χ1) is 39.2. The van der Waals surface area contributed by atoms with Crippen LogP contribution in [0.1, 0.15) is 166 Å². The normalized spacial score (nSPS) is 13.3. The minimum absolute atomic E-state index is 0.00297. The third-order valence-corrected chi connectivity index (χ3v) is 15.2. The lowest BCUT2D eigenvalue weighted by atomic mass is 9.87.